The van der Waals surface area contributed by atoms with Gasteiger partial charge in [-0.15, -0.1) is 12.4 Å². The molecule has 25 heavy (non-hydrogen) atoms. The van der Waals surface area contributed by atoms with E-state index in [2.05, 4.69) is 38.9 Å². The molecule has 7 heteroatoms. The smallest absolute Gasteiger partial charge is 0.189 e. The molecule has 1 aromatic carbocycles. The van der Waals surface area contributed by atoms with Crippen molar-refractivity contribution in [2.24, 2.45) is 0 Å². The molecule has 0 radical (unpaired) electrons. The summed E-state index contributed by atoms with van der Waals surface area (Å²) < 4.78 is 0. The minimum Gasteiger partial charge on any atom is -0.356 e. The lowest BCUT2D eigenvalue weighted by Crippen LogP contribution is -2.43. The molecule has 136 valence electrons. The zero-order valence-electron chi connectivity index (χ0n) is 14.6. The highest BCUT2D eigenvalue weighted by Gasteiger charge is 2.23. The first-order valence-electron chi connectivity index (χ1n) is 8.23. The fourth-order valence-corrected chi connectivity index (χ4v) is 3.71. The van der Waals surface area contributed by atoms with Gasteiger partial charge in [0, 0.05) is 36.9 Å². The molecule has 1 aliphatic heterocycles. The lowest BCUT2D eigenvalue weighted by atomic mass is 10.0. The molecule has 1 fully saturated rings. The first-order chi connectivity index (χ1) is 11.7. The average molecular weight is 399 g/mol. The SMILES string of the molecule is CSc1nccc(N2CCC(N(C)Cc3ccccc3Cl)CC2)n1.Cl. The van der Waals surface area contributed by atoms with E-state index in [0.717, 1.165) is 48.5 Å². The molecular formula is C18H24Cl2N4S. The number of piperidine rings is 1. The summed E-state index contributed by atoms with van der Waals surface area (Å²) >= 11 is 7.87. The molecule has 0 N–H and O–H groups in total. The van der Waals surface area contributed by atoms with Crippen LogP contribution in [-0.2, 0) is 6.54 Å². The topological polar surface area (TPSA) is 32.3 Å². The van der Waals surface area contributed by atoms with Gasteiger partial charge in [0.25, 0.3) is 0 Å². The lowest BCUT2D eigenvalue weighted by molar-refractivity contribution is 0.200. The molecule has 2 aromatic rings. The number of thioether (sulfide) groups is 1. The second-order valence-electron chi connectivity index (χ2n) is 6.13. The Kier molecular flexibility index (Phi) is 7.81. The molecule has 1 aliphatic rings. The first-order valence-corrected chi connectivity index (χ1v) is 9.83. The van der Waals surface area contributed by atoms with Gasteiger partial charge in [0.1, 0.15) is 5.82 Å². The quantitative estimate of drug-likeness (QED) is 0.551. The summed E-state index contributed by atoms with van der Waals surface area (Å²) in [7, 11) is 2.19. The maximum Gasteiger partial charge on any atom is 0.189 e. The first kappa shape index (κ1) is 20.3. The van der Waals surface area contributed by atoms with E-state index in [9.17, 15) is 0 Å². The summed E-state index contributed by atoms with van der Waals surface area (Å²) in [5.41, 5.74) is 1.20. The van der Waals surface area contributed by atoms with E-state index >= 15 is 0 Å². The number of hydrogen-bond donors (Lipinski definition) is 0. The number of halogens is 2. The van der Waals surface area contributed by atoms with Gasteiger partial charge >= 0.3 is 0 Å². The third-order valence-corrected chi connectivity index (χ3v) is 5.52. The molecule has 4 nitrogen and oxygen atoms in total. The molecule has 0 amide bonds. The highest BCUT2D eigenvalue weighted by molar-refractivity contribution is 7.98. The normalized spacial score (nSPS) is 15.3. The van der Waals surface area contributed by atoms with Crippen molar-refractivity contribution in [3.05, 3.63) is 47.1 Å². The van der Waals surface area contributed by atoms with Crippen molar-refractivity contribution in [1.82, 2.24) is 14.9 Å². The molecule has 0 spiro atoms. The van der Waals surface area contributed by atoms with Gasteiger partial charge in [0.15, 0.2) is 5.16 Å². The summed E-state index contributed by atoms with van der Waals surface area (Å²) in [5.74, 6) is 1.04. The Morgan fingerprint density at radius 1 is 1.24 bits per heavy atom. The van der Waals surface area contributed by atoms with Crippen LogP contribution in [0.25, 0.3) is 0 Å². The van der Waals surface area contributed by atoms with Crippen LogP contribution in [-0.4, -0.2) is 47.3 Å². The fraction of sp³-hybridized carbons (Fsp3) is 0.444. The predicted octanol–water partition coefficient (Wildman–Crippen LogP) is 4.37. The van der Waals surface area contributed by atoms with Crippen LogP contribution in [0.1, 0.15) is 18.4 Å². The van der Waals surface area contributed by atoms with Gasteiger partial charge in [-0.1, -0.05) is 41.6 Å². The number of aromatic nitrogens is 2. The molecule has 1 saturated heterocycles. The summed E-state index contributed by atoms with van der Waals surface area (Å²) in [6, 6.07) is 10.7. The van der Waals surface area contributed by atoms with Gasteiger partial charge in [0.2, 0.25) is 0 Å². The predicted molar refractivity (Wildman–Crippen MR) is 109 cm³/mol. The van der Waals surface area contributed by atoms with Gasteiger partial charge in [-0.25, -0.2) is 9.97 Å². The summed E-state index contributed by atoms with van der Waals surface area (Å²) in [6.07, 6.45) is 6.14. The summed E-state index contributed by atoms with van der Waals surface area (Å²) in [5, 5.41) is 1.69. The van der Waals surface area contributed by atoms with Crippen molar-refractivity contribution < 1.29 is 0 Å². The van der Waals surface area contributed by atoms with E-state index in [1.54, 1.807) is 11.8 Å². The Hall–Kier alpha value is -1.01. The van der Waals surface area contributed by atoms with Crippen molar-refractivity contribution in [3.8, 4) is 0 Å². The van der Waals surface area contributed by atoms with Crippen molar-refractivity contribution in [2.45, 2.75) is 30.6 Å². The molecule has 0 atom stereocenters. The Morgan fingerprint density at radius 2 is 1.96 bits per heavy atom. The van der Waals surface area contributed by atoms with Gasteiger partial charge in [-0.05, 0) is 43.8 Å². The molecule has 0 bridgehead atoms. The Bertz CT molecular complexity index is 678. The van der Waals surface area contributed by atoms with Gasteiger partial charge in [-0.3, -0.25) is 4.90 Å². The van der Waals surface area contributed by atoms with Gasteiger partial charge < -0.3 is 4.90 Å². The second-order valence-corrected chi connectivity index (χ2v) is 7.31. The summed E-state index contributed by atoms with van der Waals surface area (Å²) in [4.78, 5) is 13.7. The van der Waals surface area contributed by atoms with Crippen LogP contribution in [0.2, 0.25) is 5.02 Å². The molecule has 0 aliphatic carbocycles. The third-order valence-electron chi connectivity index (χ3n) is 4.59. The largest absolute Gasteiger partial charge is 0.356 e. The maximum atomic E-state index is 6.29. The lowest BCUT2D eigenvalue weighted by Gasteiger charge is -2.37. The van der Waals surface area contributed by atoms with Crippen molar-refractivity contribution >= 4 is 41.6 Å². The molecular weight excluding hydrogens is 375 g/mol. The average Bonchev–Trinajstić information content (AvgIpc) is 2.64. The van der Waals surface area contributed by atoms with Crippen LogP contribution in [0, 0.1) is 0 Å². The van der Waals surface area contributed by atoms with Crippen LogP contribution in [0.15, 0.2) is 41.7 Å². The molecule has 1 aromatic heterocycles. The number of hydrogen-bond acceptors (Lipinski definition) is 5. The van der Waals surface area contributed by atoms with Gasteiger partial charge in [0.05, 0.1) is 0 Å². The minimum atomic E-state index is 0. The Balaban J connectivity index is 0.00000225. The second kappa shape index (κ2) is 9.62. The van der Waals surface area contributed by atoms with Crippen LogP contribution >= 0.6 is 35.8 Å². The zero-order valence-corrected chi connectivity index (χ0v) is 16.9. The molecule has 0 saturated carbocycles. The molecule has 2 heterocycles. The van der Waals surface area contributed by atoms with E-state index in [1.807, 2.05) is 30.7 Å². The van der Waals surface area contributed by atoms with Crippen molar-refractivity contribution in [3.63, 3.8) is 0 Å². The monoisotopic (exact) mass is 398 g/mol. The van der Waals surface area contributed by atoms with Crippen molar-refractivity contribution in [2.75, 3.05) is 31.3 Å². The Morgan fingerprint density at radius 3 is 2.64 bits per heavy atom. The molecule has 3 rings (SSSR count). The Labute approximate surface area is 165 Å². The number of rotatable bonds is 5. The van der Waals surface area contributed by atoms with Crippen LogP contribution in [0.5, 0.6) is 0 Å². The van der Waals surface area contributed by atoms with Crippen LogP contribution in [0.3, 0.4) is 0 Å². The fourth-order valence-electron chi connectivity index (χ4n) is 3.17. The number of benzene rings is 1. The van der Waals surface area contributed by atoms with E-state index in [-0.39, 0.29) is 12.4 Å². The standard InChI is InChI=1S/C18H23ClN4S.ClH/c1-22(13-14-5-3-4-6-16(14)19)15-8-11-23(12-9-15)17-7-10-20-18(21-17)24-2;/h3-7,10,15H,8-9,11-13H2,1-2H3;1H. The van der Waals surface area contributed by atoms with E-state index in [4.69, 9.17) is 11.6 Å². The highest BCUT2D eigenvalue weighted by atomic mass is 35.5. The van der Waals surface area contributed by atoms with E-state index < -0.39 is 0 Å². The van der Waals surface area contributed by atoms with Gasteiger partial charge in [-0.2, -0.15) is 0 Å². The minimum absolute atomic E-state index is 0. The number of anilines is 1. The third kappa shape index (κ3) is 5.23. The number of nitrogens with zero attached hydrogens (tertiary/aromatic N) is 4. The van der Waals surface area contributed by atoms with Crippen LogP contribution in [0.4, 0.5) is 5.82 Å². The highest BCUT2D eigenvalue weighted by Crippen LogP contribution is 2.24. The maximum absolute atomic E-state index is 6.29. The van der Waals surface area contributed by atoms with Crippen LogP contribution < -0.4 is 4.90 Å². The van der Waals surface area contributed by atoms with E-state index in [1.165, 1.54) is 5.56 Å². The summed E-state index contributed by atoms with van der Waals surface area (Å²) in [6.45, 7) is 2.96. The molecule has 0 unspecified atom stereocenters. The zero-order chi connectivity index (χ0) is 16.9. The van der Waals surface area contributed by atoms with Crippen molar-refractivity contribution in [1.29, 1.82) is 0 Å². The van der Waals surface area contributed by atoms with E-state index in [0.29, 0.717) is 6.04 Å².